The molecule has 0 saturated carbocycles. The summed E-state index contributed by atoms with van der Waals surface area (Å²) >= 11 is 0. The summed E-state index contributed by atoms with van der Waals surface area (Å²) < 4.78 is 1.20. The van der Waals surface area contributed by atoms with Gasteiger partial charge in [-0.1, -0.05) is 32.6 Å². The zero-order valence-electron chi connectivity index (χ0n) is 12.7. The largest absolute Gasteiger partial charge is 0.478 e. The molecular weight excluding hydrogens is 284 g/mol. The van der Waals surface area contributed by atoms with Crippen molar-refractivity contribution >= 4 is 18.1 Å². The SMILES string of the molecule is C=C/C=c1/nc(-n2cc(C(=O)O)cn2)[nH]c(=O)/c1=C/C.CC. The molecule has 0 atom stereocenters. The fourth-order valence-electron chi connectivity index (χ4n) is 1.66. The van der Waals surface area contributed by atoms with E-state index in [1.165, 1.54) is 23.2 Å². The molecular formula is C15H18N4O3. The third kappa shape index (κ3) is 3.57. The van der Waals surface area contributed by atoms with Crippen LogP contribution < -0.4 is 16.1 Å². The van der Waals surface area contributed by atoms with Gasteiger partial charge in [-0.15, -0.1) is 0 Å². The second-order valence-electron chi connectivity index (χ2n) is 3.86. The predicted molar refractivity (Wildman–Crippen MR) is 84.3 cm³/mol. The Morgan fingerprint density at radius 1 is 1.45 bits per heavy atom. The lowest BCUT2D eigenvalue weighted by atomic mass is 10.3. The van der Waals surface area contributed by atoms with Crippen LogP contribution in [0.3, 0.4) is 0 Å². The van der Waals surface area contributed by atoms with Gasteiger partial charge in [0.05, 0.1) is 22.3 Å². The average molecular weight is 302 g/mol. The summed E-state index contributed by atoms with van der Waals surface area (Å²) in [5.74, 6) is -0.962. The molecule has 0 unspecified atom stereocenters. The number of hydrogen-bond donors (Lipinski definition) is 2. The number of aromatic nitrogens is 4. The van der Waals surface area contributed by atoms with Crippen molar-refractivity contribution in [2.24, 2.45) is 0 Å². The summed E-state index contributed by atoms with van der Waals surface area (Å²) in [5, 5.41) is 13.6. The third-order valence-corrected chi connectivity index (χ3v) is 2.58. The minimum atomic E-state index is -1.10. The van der Waals surface area contributed by atoms with Crippen LogP contribution in [0.25, 0.3) is 18.1 Å². The topological polar surface area (TPSA) is 101 Å². The maximum atomic E-state index is 11.9. The standard InChI is InChI=1S/C13H12N4O3.C2H6/c1-3-5-10-9(4-2)11(18)16-13(15-10)17-7-8(6-14-17)12(19)20;1-2/h3-7H,1H2,2H3,(H,19,20)(H,15,16,18);1-2H3/b9-4+,10-5+;. The van der Waals surface area contributed by atoms with E-state index in [1.54, 1.807) is 19.1 Å². The monoisotopic (exact) mass is 302 g/mol. The first kappa shape index (κ1) is 17.1. The fraction of sp³-hybridized carbons (Fsp3) is 0.200. The zero-order chi connectivity index (χ0) is 16.7. The second kappa shape index (κ2) is 7.72. The zero-order valence-corrected chi connectivity index (χ0v) is 12.7. The second-order valence-corrected chi connectivity index (χ2v) is 3.86. The number of H-pyrrole nitrogens is 1. The molecule has 0 fully saturated rings. The number of carboxylic acids is 1. The van der Waals surface area contributed by atoms with Crippen molar-refractivity contribution in [2.75, 3.05) is 0 Å². The van der Waals surface area contributed by atoms with Crippen LogP contribution in [0.1, 0.15) is 31.1 Å². The van der Waals surface area contributed by atoms with Gasteiger partial charge in [-0.25, -0.2) is 14.5 Å². The highest BCUT2D eigenvalue weighted by atomic mass is 16.4. The molecule has 0 aliphatic rings. The van der Waals surface area contributed by atoms with E-state index in [2.05, 4.69) is 21.6 Å². The van der Waals surface area contributed by atoms with Gasteiger partial charge in [-0.2, -0.15) is 5.10 Å². The number of nitrogens with one attached hydrogen (secondary N) is 1. The normalized spacial score (nSPS) is 11.8. The van der Waals surface area contributed by atoms with Crippen LogP contribution in [0.5, 0.6) is 0 Å². The molecule has 0 aromatic carbocycles. The molecule has 0 aliphatic heterocycles. The molecule has 7 nitrogen and oxygen atoms in total. The molecule has 0 amide bonds. The number of carbonyl (C=O) groups is 1. The minimum absolute atomic E-state index is 0.00744. The van der Waals surface area contributed by atoms with Crippen molar-refractivity contribution in [3.63, 3.8) is 0 Å². The Hall–Kier alpha value is -2.96. The van der Waals surface area contributed by atoms with Crippen LogP contribution in [0.15, 0.2) is 29.8 Å². The summed E-state index contributed by atoms with van der Waals surface area (Å²) in [5.41, 5.74) is -0.328. The first-order valence-corrected chi connectivity index (χ1v) is 6.74. The Labute approximate surface area is 127 Å². The van der Waals surface area contributed by atoms with Gasteiger partial charge in [-0.05, 0) is 13.0 Å². The van der Waals surface area contributed by atoms with Gasteiger partial charge in [0.15, 0.2) is 0 Å². The summed E-state index contributed by atoms with van der Waals surface area (Å²) in [6.45, 7) is 9.29. The molecule has 116 valence electrons. The van der Waals surface area contributed by atoms with Crippen molar-refractivity contribution in [3.8, 4) is 5.95 Å². The van der Waals surface area contributed by atoms with Gasteiger partial charge in [0, 0.05) is 6.20 Å². The van der Waals surface area contributed by atoms with E-state index in [-0.39, 0.29) is 17.1 Å². The number of nitrogens with zero attached hydrogens (tertiary/aromatic N) is 3. The number of allylic oxidation sites excluding steroid dienone is 1. The first-order valence-electron chi connectivity index (χ1n) is 6.74. The van der Waals surface area contributed by atoms with Gasteiger partial charge >= 0.3 is 5.97 Å². The molecule has 0 saturated heterocycles. The van der Waals surface area contributed by atoms with E-state index in [9.17, 15) is 9.59 Å². The van der Waals surface area contributed by atoms with Crippen molar-refractivity contribution < 1.29 is 9.90 Å². The van der Waals surface area contributed by atoms with Gasteiger partial charge in [0.1, 0.15) is 0 Å². The van der Waals surface area contributed by atoms with Crippen molar-refractivity contribution in [1.29, 1.82) is 0 Å². The maximum Gasteiger partial charge on any atom is 0.338 e. The molecule has 2 rings (SSSR count). The van der Waals surface area contributed by atoms with Crippen LogP contribution in [0.2, 0.25) is 0 Å². The molecule has 2 N–H and O–H groups in total. The van der Waals surface area contributed by atoms with E-state index in [4.69, 9.17) is 5.11 Å². The molecule has 7 heteroatoms. The smallest absolute Gasteiger partial charge is 0.338 e. The van der Waals surface area contributed by atoms with E-state index < -0.39 is 5.97 Å². The van der Waals surface area contributed by atoms with Crippen molar-refractivity contribution in [3.05, 3.63) is 51.5 Å². The van der Waals surface area contributed by atoms with Gasteiger partial charge < -0.3 is 5.11 Å². The van der Waals surface area contributed by atoms with Crippen LogP contribution in [0, 0.1) is 0 Å². The van der Waals surface area contributed by atoms with Crippen molar-refractivity contribution in [1.82, 2.24) is 19.7 Å². The average Bonchev–Trinajstić information content (AvgIpc) is 2.99. The Bertz CT molecular complexity index is 846. The molecule has 0 radical (unpaired) electrons. The summed E-state index contributed by atoms with van der Waals surface area (Å²) in [4.78, 5) is 29.5. The predicted octanol–water partition coefficient (Wildman–Crippen LogP) is 0.447. The molecule has 0 aliphatic carbocycles. The number of hydrogen-bond acceptors (Lipinski definition) is 4. The first-order chi connectivity index (χ1) is 10.6. The molecule has 0 spiro atoms. The Kier molecular flexibility index (Phi) is 6.00. The molecule has 22 heavy (non-hydrogen) atoms. The Morgan fingerprint density at radius 3 is 2.64 bits per heavy atom. The van der Waals surface area contributed by atoms with Crippen molar-refractivity contribution in [2.45, 2.75) is 20.8 Å². The van der Waals surface area contributed by atoms with E-state index in [1.807, 2.05) is 13.8 Å². The van der Waals surface area contributed by atoms with Crippen LogP contribution in [0.4, 0.5) is 0 Å². The number of aromatic amines is 1. The molecule has 0 bridgehead atoms. The summed E-state index contributed by atoms with van der Waals surface area (Å²) in [6, 6.07) is 0. The van der Waals surface area contributed by atoms with Gasteiger partial charge in [0.25, 0.3) is 5.56 Å². The summed E-state index contributed by atoms with van der Waals surface area (Å²) in [7, 11) is 0. The summed E-state index contributed by atoms with van der Waals surface area (Å²) in [6.07, 6.45) is 7.20. The van der Waals surface area contributed by atoms with Crippen LogP contribution in [-0.4, -0.2) is 30.8 Å². The Balaban J connectivity index is 0.00000116. The minimum Gasteiger partial charge on any atom is -0.478 e. The lowest BCUT2D eigenvalue weighted by Gasteiger charge is -1.99. The third-order valence-electron chi connectivity index (χ3n) is 2.58. The number of rotatable bonds is 3. The maximum absolute atomic E-state index is 11.9. The fourth-order valence-corrected chi connectivity index (χ4v) is 1.66. The highest BCUT2D eigenvalue weighted by Gasteiger charge is 2.09. The molecule has 2 aromatic heterocycles. The highest BCUT2D eigenvalue weighted by Crippen LogP contribution is 2.00. The quantitative estimate of drug-likeness (QED) is 0.857. The van der Waals surface area contributed by atoms with Gasteiger partial charge in [0.2, 0.25) is 5.95 Å². The lowest BCUT2D eigenvalue weighted by Crippen LogP contribution is -2.43. The van der Waals surface area contributed by atoms with Crippen LogP contribution >= 0.6 is 0 Å². The van der Waals surface area contributed by atoms with Gasteiger partial charge in [-0.3, -0.25) is 9.78 Å². The number of carboxylic acid groups (broad SMARTS) is 1. The highest BCUT2D eigenvalue weighted by molar-refractivity contribution is 5.86. The van der Waals surface area contributed by atoms with Crippen LogP contribution in [-0.2, 0) is 0 Å². The molecule has 2 heterocycles. The number of aromatic carboxylic acids is 1. The lowest BCUT2D eigenvalue weighted by molar-refractivity contribution is 0.0697. The Morgan fingerprint density at radius 2 is 2.14 bits per heavy atom. The molecule has 2 aromatic rings. The van der Waals surface area contributed by atoms with E-state index in [0.29, 0.717) is 10.6 Å². The van der Waals surface area contributed by atoms with E-state index in [0.717, 1.165) is 0 Å². The van der Waals surface area contributed by atoms with E-state index >= 15 is 0 Å².